The molecule has 28 heavy (non-hydrogen) atoms. The number of Topliss-reactive ketones (excluding diaryl/α,β-unsaturated/α-hetero) is 2. The number of hydrogen-bond donors (Lipinski definition) is 2. The highest BCUT2D eigenvalue weighted by molar-refractivity contribution is 6.11. The van der Waals surface area contributed by atoms with Gasteiger partial charge in [0.05, 0.1) is 24.2 Å². The molecule has 0 atom stereocenters. The van der Waals surface area contributed by atoms with Crippen molar-refractivity contribution in [1.29, 1.82) is 0 Å². The minimum Gasteiger partial charge on any atom is -0.507 e. The summed E-state index contributed by atoms with van der Waals surface area (Å²) < 4.78 is 0. The van der Waals surface area contributed by atoms with Crippen LogP contribution in [0.3, 0.4) is 0 Å². The van der Waals surface area contributed by atoms with Crippen LogP contribution in [0.5, 0.6) is 11.5 Å². The van der Waals surface area contributed by atoms with Crippen molar-refractivity contribution in [3.05, 3.63) is 59.7 Å². The van der Waals surface area contributed by atoms with Crippen molar-refractivity contribution in [2.24, 2.45) is 9.98 Å². The third-order valence-corrected chi connectivity index (χ3v) is 4.11. The monoisotopic (exact) mass is 380 g/mol. The number of aliphatic imine (C=N–C) groups is 2. The van der Waals surface area contributed by atoms with Crippen molar-refractivity contribution in [2.45, 2.75) is 26.7 Å². The Hall–Kier alpha value is -3.28. The molecule has 0 saturated heterocycles. The summed E-state index contributed by atoms with van der Waals surface area (Å²) in [6, 6.07) is 12.9. The molecule has 0 aliphatic carbocycles. The average Bonchev–Trinajstić information content (AvgIpc) is 2.65. The maximum Gasteiger partial charge on any atom is 0.172 e. The molecule has 0 amide bonds. The molecule has 0 spiro atoms. The predicted octanol–water partition coefficient (Wildman–Crippen LogP) is 3.87. The highest BCUT2D eigenvalue weighted by atomic mass is 16.3. The lowest BCUT2D eigenvalue weighted by Crippen LogP contribution is -2.08. The zero-order valence-corrected chi connectivity index (χ0v) is 16.1. The van der Waals surface area contributed by atoms with Gasteiger partial charge in [-0.05, 0) is 38.1 Å². The number of carbonyl (C=O) groups excluding carboxylic acids is 2. The lowest BCUT2D eigenvalue weighted by molar-refractivity contribution is 0.0989. The highest BCUT2D eigenvalue weighted by Gasteiger charge is 2.12. The van der Waals surface area contributed by atoms with E-state index in [9.17, 15) is 19.8 Å². The molecule has 0 aromatic heterocycles. The second-order valence-corrected chi connectivity index (χ2v) is 6.47. The maximum atomic E-state index is 12.2. The third-order valence-electron chi connectivity index (χ3n) is 4.11. The van der Waals surface area contributed by atoms with E-state index in [1.807, 2.05) is 0 Å². The maximum absolute atomic E-state index is 12.2. The van der Waals surface area contributed by atoms with E-state index in [1.165, 1.54) is 12.1 Å². The predicted molar refractivity (Wildman–Crippen MR) is 110 cm³/mol. The Morgan fingerprint density at radius 2 is 1.07 bits per heavy atom. The molecule has 0 radical (unpaired) electrons. The molecule has 2 aromatic rings. The second kappa shape index (κ2) is 10.2. The largest absolute Gasteiger partial charge is 0.507 e. The number of phenolic OH excluding ortho intramolecular Hbond substituents is 2. The Balaban J connectivity index is 1.83. The zero-order valence-electron chi connectivity index (χ0n) is 16.1. The number of benzene rings is 2. The molecule has 0 aliphatic rings. The van der Waals surface area contributed by atoms with Crippen LogP contribution < -0.4 is 0 Å². The lowest BCUT2D eigenvalue weighted by Gasteiger charge is -2.04. The fraction of sp³-hybridized carbons (Fsp3) is 0.273. The quantitative estimate of drug-likeness (QED) is 0.392. The zero-order chi connectivity index (χ0) is 20.5. The fourth-order valence-corrected chi connectivity index (χ4v) is 2.67. The molecule has 0 aliphatic heterocycles. The first-order chi connectivity index (χ1) is 13.4. The summed E-state index contributed by atoms with van der Waals surface area (Å²) in [5, 5.41) is 19.4. The van der Waals surface area contributed by atoms with Gasteiger partial charge in [0.1, 0.15) is 11.5 Å². The van der Waals surface area contributed by atoms with Gasteiger partial charge in [-0.25, -0.2) is 0 Å². The minimum atomic E-state index is -0.188. The molecule has 0 saturated carbocycles. The summed E-state index contributed by atoms with van der Waals surface area (Å²) in [7, 11) is 0. The van der Waals surface area contributed by atoms with Gasteiger partial charge in [-0.2, -0.15) is 0 Å². The van der Waals surface area contributed by atoms with Crippen LogP contribution in [0, 0.1) is 0 Å². The number of ketones is 2. The second-order valence-electron chi connectivity index (χ2n) is 6.47. The Morgan fingerprint density at radius 3 is 1.43 bits per heavy atom. The molecule has 0 fully saturated rings. The summed E-state index contributed by atoms with van der Waals surface area (Å²) >= 11 is 0. The number of carbonyl (C=O) groups is 2. The van der Waals surface area contributed by atoms with Crippen molar-refractivity contribution in [2.75, 3.05) is 13.1 Å². The molecule has 6 nitrogen and oxygen atoms in total. The van der Waals surface area contributed by atoms with Gasteiger partial charge < -0.3 is 10.2 Å². The highest BCUT2D eigenvalue weighted by Crippen LogP contribution is 2.18. The van der Waals surface area contributed by atoms with Crippen molar-refractivity contribution >= 4 is 23.0 Å². The van der Waals surface area contributed by atoms with E-state index in [1.54, 1.807) is 50.2 Å². The first kappa shape index (κ1) is 21.0. The van der Waals surface area contributed by atoms with Crippen LogP contribution in [0.2, 0.25) is 0 Å². The van der Waals surface area contributed by atoms with Crippen LogP contribution in [0.1, 0.15) is 47.4 Å². The van der Waals surface area contributed by atoms with Crippen molar-refractivity contribution in [3.8, 4) is 11.5 Å². The van der Waals surface area contributed by atoms with E-state index in [0.29, 0.717) is 24.5 Å². The molecule has 0 bridgehead atoms. The van der Waals surface area contributed by atoms with E-state index in [0.717, 1.165) is 0 Å². The third kappa shape index (κ3) is 6.16. The molecular formula is C22H24N2O4. The Labute approximate surface area is 164 Å². The summed E-state index contributed by atoms with van der Waals surface area (Å²) in [4.78, 5) is 33.0. The van der Waals surface area contributed by atoms with Crippen LogP contribution in [0.4, 0.5) is 0 Å². The van der Waals surface area contributed by atoms with Crippen molar-refractivity contribution in [3.63, 3.8) is 0 Å². The number of para-hydroxylation sites is 2. The average molecular weight is 380 g/mol. The molecule has 6 heteroatoms. The van der Waals surface area contributed by atoms with E-state index in [2.05, 4.69) is 9.98 Å². The summed E-state index contributed by atoms with van der Waals surface area (Å²) in [6.45, 7) is 4.33. The van der Waals surface area contributed by atoms with Crippen LogP contribution in [-0.4, -0.2) is 46.3 Å². The van der Waals surface area contributed by atoms with Crippen molar-refractivity contribution < 1.29 is 19.8 Å². The molecule has 146 valence electrons. The van der Waals surface area contributed by atoms with Crippen LogP contribution >= 0.6 is 0 Å². The smallest absolute Gasteiger partial charge is 0.172 e. The standard InChI is InChI=1S/C22H24N2O4/c1-15(13-21(27)17-7-3-5-9-19(17)25)23-11-12-24-16(2)14-22(28)18-8-4-6-10-20(18)26/h3-10,25-26H,11-14H2,1-2H3. The van der Waals surface area contributed by atoms with Crippen LogP contribution in [-0.2, 0) is 0 Å². The Bertz CT molecular complexity index is 841. The van der Waals surface area contributed by atoms with Gasteiger partial charge in [-0.1, -0.05) is 24.3 Å². The van der Waals surface area contributed by atoms with Gasteiger partial charge >= 0.3 is 0 Å². The molecule has 0 heterocycles. The molecular weight excluding hydrogens is 356 g/mol. The van der Waals surface area contributed by atoms with Gasteiger partial charge in [0.15, 0.2) is 11.6 Å². The SMILES string of the molecule is CC(CC(=O)c1ccccc1O)=NCCN=C(C)CC(=O)c1ccccc1O. The normalized spacial score (nSPS) is 12.1. The number of phenols is 2. The van der Waals surface area contributed by atoms with E-state index < -0.39 is 0 Å². The topological polar surface area (TPSA) is 99.3 Å². The van der Waals surface area contributed by atoms with E-state index in [-0.39, 0.29) is 47.0 Å². The van der Waals surface area contributed by atoms with Gasteiger partial charge in [-0.15, -0.1) is 0 Å². The van der Waals surface area contributed by atoms with Gasteiger partial charge in [-0.3, -0.25) is 19.6 Å². The number of aromatic hydroxyl groups is 2. The molecule has 2 N–H and O–H groups in total. The van der Waals surface area contributed by atoms with Gasteiger partial charge in [0.2, 0.25) is 0 Å². The Kier molecular flexibility index (Phi) is 7.63. The molecule has 2 aromatic carbocycles. The fourth-order valence-electron chi connectivity index (χ4n) is 2.67. The Morgan fingerprint density at radius 1 is 0.714 bits per heavy atom. The molecule has 2 rings (SSSR count). The first-order valence-electron chi connectivity index (χ1n) is 9.00. The summed E-state index contributed by atoms with van der Waals surface area (Å²) in [6.07, 6.45) is 0.262. The molecule has 0 unspecified atom stereocenters. The van der Waals surface area contributed by atoms with Gasteiger partial charge in [0.25, 0.3) is 0 Å². The van der Waals surface area contributed by atoms with E-state index in [4.69, 9.17) is 0 Å². The summed E-state index contributed by atoms with van der Waals surface area (Å²) in [5.74, 6) is -0.441. The van der Waals surface area contributed by atoms with Crippen LogP contribution in [0.25, 0.3) is 0 Å². The minimum absolute atomic E-state index is 0.0327. The van der Waals surface area contributed by atoms with Crippen LogP contribution in [0.15, 0.2) is 58.5 Å². The number of hydrogen-bond acceptors (Lipinski definition) is 6. The van der Waals surface area contributed by atoms with E-state index >= 15 is 0 Å². The van der Waals surface area contributed by atoms with Gasteiger partial charge in [0, 0.05) is 24.3 Å². The lowest BCUT2D eigenvalue weighted by atomic mass is 10.1. The first-order valence-corrected chi connectivity index (χ1v) is 9.00. The number of nitrogens with zero attached hydrogens (tertiary/aromatic N) is 2. The van der Waals surface area contributed by atoms with Crippen molar-refractivity contribution in [1.82, 2.24) is 0 Å². The summed E-state index contributed by atoms with van der Waals surface area (Å²) in [5.41, 5.74) is 1.89. The number of rotatable bonds is 9.